The Morgan fingerprint density at radius 1 is 1.41 bits per heavy atom. The number of ether oxygens (including phenoxy) is 1. The van der Waals surface area contributed by atoms with Crippen molar-refractivity contribution < 1.29 is 17.9 Å². The topological polar surface area (TPSA) is 109 Å². The van der Waals surface area contributed by atoms with E-state index in [1.807, 2.05) is 0 Å². The van der Waals surface area contributed by atoms with Gasteiger partial charge in [-0.2, -0.15) is 4.72 Å². The third kappa shape index (κ3) is 2.75. The summed E-state index contributed by atoms with van der Waals surface area (Å²) < 4.78 is 31.5. The van der Waals surface area contributed by atoms with Gasteiger partial charge in [0.2, 0.25) is 10.0 Å². The van der Waals surface area contributed by atoms with Crippen LogP contribution in [0.3, 0.4) is 0 Å². The van der Waals surface area contributed by atoms with Crippen molar-refractivity contribution in [2.45, 2.75) is 11.1 Å². The number of fused-ring (bicyclic) bond motifs is 1. The third-order valence-corrected chi connectivity index (χ3v) is 5.28. The zero-order valence-corrected chi connectivity index (χ0v) is 13.0. The summed E-state index contributed by atoms with van der Waals surface area (Å²) in [6.07, 6.45) is 0.350. The van der Waals surface area contributed by atoms with Gasteiger partial charge in [0.25, 0.3) is 5.91 Å². The van der Waals surface area contributed by atoms with Gasteiger partial charge in [0.1, 0.15) is 4.90 Å². The summed E-state index contributed by atoms with van der Waals surface area (Å²) in [5, 5.41) is 6.23. The van der Waals surface area contributed by atoms with Crippen molar-refractivity contribution in [3.05, 3.63) is 30.5 Å². The maximum Gasteiger partial charge on any atom is 0.264 e. The lowest BCUT2D eigenvalue weighted by Crippen LogP contribution is -2.51. The Morgan fingerprint density at radius 3 is 2.91 bits per heavy atom. The lowest BCUT2D eigenvalue weighted by atomic mass is 10.3. The van der Waals surface area contributed by atoms with E-state index in [4.69, 9.17) is 4.74 Å². The SMILES string of the molecule is COc1cnc(NC(=O)C2Nc3ccccc3S(=O)(=O)N2)s1. The number of hydrogen-bond donors (Lipinski definition) is 3. The van der Waals surface area contributed by atoms with Crippen LogP contribution >= 0.6 is 11.3 Å². The fraction of sp³-hybridized carbons (Fsp3) is 0.167. The molecule has 22 heavy (non-hydrogen) atoms. The van der Waals surface area contributed by atoms with Crippen LogP contribution in [-0.2, 0) is 14.8 Å². The van der Waals surface area contributed by atoms with Crippen molar-refractivity contribution in [2.75, 3.05) is 17.7 Å². The number of para-hydroxylation sites is 1. The maximum atomic E-state index is 12.2. The molecule has 116 valence electrons. The molecule has 1 unspecified atom stereocenters. The Kier molecular flexibility index (Phi) is 3.72. The summed E-state index contributed by atoms with van der Waals surface area (Å²) in [7, 11) is -2.25. The number of carbonyl (C=O) groups excluding carboxylic acids is 1. The second-order valence-electron chi connectivity index (χ2n) is 4.37. The van der Waals surface area contributed by atoms with E-state index >= 15 is 0 Å². The van der Waals surface area contributed by atoms with Crippen molar-refractivity contribution in [3.63, 3.8) is 0 Å². The Labute approximate surface area is 130 Å². The fourth-order valence-electron chi connectivity index (χ4n) is 1.93. The standard InChI is InChI=1S/C12H12N4O4S2/c1-20-9-6-13-12(21-9)15-11(17)10-14-7-4-2-3-5-8(7)22(18,19)16-10/h2-6,10,14,16H,1H3,(H,13,15,17). The Morgan fingerprint density at radius 2 is 2.18 bits per heavy atom. The Hall–Kier alpha value is -2.17. The van der Waals surface area contributed by atoms with Crippen LogP contribution < -0.4 is 20.1 Å². The lowest BCUT2D eigenvalue weighted by molar-refractivity contribution is -0.117. The van der Waals surface area contributed by atoms with Gasteiger partial charge in [0.05, 0.1) is 19.0 Å². The molecule has 8 nitrogen and oxygen atoms in total. The van der Waals surface area contributed by atoms with E-state index in [2.05, 4.69) is 20.3 Å². The summed E-state index contributed by atoms with van der Waals surface area (Å²) in [4.78, 5) is 16.3. The molecule has 0 fully saturated rings. The lowest BCUT2D eigenvalue weighted by Gasteiger charge is -2.26. The maximum absolute atomic E-state index is 12.2. The quantitative estimate of drug-likeness (QED) is 0.763. The summed E-state index contributed by atoms with van der Waals surface area (Å²) >= 11 is 1.14. The molecule has 1 aliphatic rings. The van der Waals surface area contributed by atoms with Gasteiger partial charge in [-0.05, 0) is 12.1 Å². The van der Waals surface area contributed by atoms with Gasteiger partial charge in [-0.1, -0.05) is 23.5 Å². The second kappa shape index (κ2) is 5.55. The van der Waals surface area contributed by atoms with Crippen LogP contribution in [0, 0.1) is 0 Å². The van der Waals surface area contributed by atoms with E-state index in [-0.39, 0.29) is 4.90 Å². The number of aromatic nitrogens is 1. The summed E-state index contributed by atoms with van der Waals surface area (Å²) in [6, 6.07) is 6.36. The number of nitrogens with one attached hydrogen (secondary N) is 3. The molecular weight excluding hydrogens is 328 g/mol. The van der Waals surface area contributed by atoms with Crippen molar-refractivity contribution in [2.24, 2.45) is 0 Å². The molecule has 10 heteroatoms. The molecule has 0 spiro atoms. The number of benzene rings is 1. The van der Waals surface area contributed by atoms with E-state index in [0.29, 0.717) is 15.9 Å². The molecule has 2 aromatic rings. The molecular formula is C12H12N4O4S2. The smallest absolute Gasteiger partial charge is 0.264 e. The molecule has 0 radical (unpaired) electrons. The monoisotopic (exact) mass is 340 g/mol. The fourth-order valence-corrected chi connectivity index (χ4v) is 3.85. The highest BCUT2D eigenvalue weighted by Gasteiger charge is 2.33. The highest BCUT2D eigenvalue weighted by Crippen LogP contribution is 2.27. The zero-order valence-electron chi connectivity index (χ0n) is 11.4. The van der Waals surface area contributed by atoms with Crippen molar-refractivity contribution >= 4 is 38.1 Å². The molecule has 0 saturated heterocycles. The first-order chi connectivity index (χ1) is 10.5. The van der Waals surface area contributed by atoms with E-state index in [1.54, 1.807) is 18.2 Å². The van der Waals surface area contributed by atoms with Gasteiger partial charge in [0, 0.05) is 0 Å². The molecule has 1 atom stereocenters. The first-order valence-corrected chi connectivity index (χ1v) is 8.48. The highest BCUT2D eigenvalue weighted by atomic mass is 32.2. The minimum Gasteiger partial charge on any atom is -0.486 e. The predicted octanol–water partition coefficient (Wildman–Crippen LogP) is 0.820. The number of thiazole rings is 1. The van der Waals surface area contributed by atoms with Crippen molar-refractivity contribution in [1.82, 2.24) is 9.71 Å². The number of carbonyl (C=O) groups is 1. The summed E-state index contributed by atoms with van der Waals surface area (Å²) in [5.74, 6) is -0.560. The Bertz CT molecular complexity index is 818. The van der Waals surface area contributed by atoms with Gasteiger partial charge in [0.15, 0.2) is 16.4 Å². The van der Waals surface area contributed by atoms with Crippen LogP contribution in [0.1, 0.15) is 0 Å². The molecule has 1 aromatic heterocycles. The van der Waals surface area contributed by atoms with Crippen molar-refractivity contribution in [3.8, 4) is 5.06 Å². The van der Waals surface area contributed by atoms with E-state index in [0.717, 1.165) is 11.3 Å². The first-order valence-electron chi connectivity index (χ1n) is 6.18. The molecule has 0 saturated carbocycles. The van der Waals surface area contributed by atoms with E-state index < -0.39 is 22.1 Å². The molecule has 0 aliphatic carbocycles. The molecule has 3 N–H and O–H groups in total. The summed E-state index contributed by atoms with van der Waals surface area (Å²) in [6.45, 7) is 0. The minimum absolute atomic E-state index is 0.106. The number of hydrogen-bond acceptors (Lipinski definition) is 7. The number of rotatable bonds is 3. The Balaban J connectivity index is 1.80. The number of anilines is 2. The van der Waals surface area contributed by atoms with Gasteiger partial charge >= 0.3 is 0 Å². The van der Waals surface area contributed by atoms with Gasteiger partial charge in [-0.15, -0.1) is 0 Å². The number of nitrogens with zero attached hydrogens (tertiary/aromatic N) is 1. The van der Waals surface area contributed by atoms with E-state index in [1.165, 1.54) is 19.4 Å². The first kappa shape index (κ1) is 14.8. The molecule has 2 heterocycles. The van der Waals surface area contributed by atoms with Gasteiger partial charge in [-0.3, -0.25) is 10.1 Å². The molecule has 3 rings (SSSR count). The largest absolute Gasteiger partial charge is 0.486 e. The average Bonchev–Trinajstić information content (AvgIpc) is 2.94. The number of amides is 1. The van der Waals surface area contributed by atoms with Crippen LogP contribution in [0.15, 0.2) is 35.4 Å². The van der Waals surface area contributed by atoms with Crippen LogP contribution in [0.4, 0.5) is 10.8 Å². The second-order valence-corrected chi connectivity index (χ2v) is 7.05. The molecule has 1 amide bonds. The minimum atomic E-state index is -3.74. The molecule has 1 aliphatic heterocycles. The molecule has 1 aromatic carbocycles. The molecule has 0 bridgehead atoms. The van der Waals surface area contributed by atoms with E-state index in [9.17, 15) is 13.2 Å². The number of methoxy groups -OCH3 is 1. The summed E-state index contributed by atoms with van der Waals surface area (Å²) in [5.41, 5.74) is 0.373. The van der Waals surface area contributed by atoms with Crippen LogP contribution in [0.25, 0.3) is 0 Å². The van der Waals surface area contributed by atoms with Crippen molar-refractivity contribution in [1.29, 1.82) is 0 Å². The third-order valence-electron chi connectivity index (χ3n) is 2.93. The normalized spacial score (nSPS) is 18.9. The zero-order chi connectivity index (χ0) is 15.7. The average molecular weight is 340 g/mol. The predicted molar refractivity (Wildman–Crippen MR) is 81.5 cm³/mol. The van der Waals surface area contributed by atoms with Gasteiger partial charge in [-0.25, -0.2) is 13.4 Å². The highest BCUT2D eigenvalue weighted by molar-refractivity contribution is 7.89. The van der Waals surface area contributed by atoms with Crippen LogP contribution in [0.5, 0.6) is 5.06 Å². The number of sulfonamides is 1. The van der Waals surface area contributed by atoms with Crippen LogP contribution in [0.2, 0.25) is 0 Å². The van der Waals surface area contributed by atoms with Crippen LogP contribution in [-0.4, -0.2) is 32.6 Å². The van der Waals surface area contributed by atoms with Gasteiger partial charge < -0.3 is 10.1 Å².